The normalized spacial score (nSPS) is 37.4. The molecule has 0 saturated carbocycles. The summed E-state index contributed by atoms with van der Waals surface area (Å²) in [4.78, 5) is 36.0. The Bertz CT molecular complexity index is 393. The minimum absolute atomic E-state index is 0.0181. The van der Waals surface area contributed by atoms with Gasteiger partial charge in [-0.25, -0.2) is 0 Å². The molecule has 2 bridgehead atoms. The zero-order valence-corrected chi connectivity index (χ0v) is 9.87. The molecule has 0 aromatic rings. The second-order valence-electron chi connectivity index (χ2n) is 5.17. The van der Waals surface area contributed by atoms with Gasteiger partial charge in [0.25, 0.3) is 0 Å². The maximum absolute atomic E-state index is 12.1. The van der Waals surface area contributed by atoms with E-state index in [0.29, 0.717) is 6.42 Å². The lowest BCUT2D eigenvalue weighted by atomic mass is 9.81. The van der Waals surface area contributed by atoms with Crippen LogP contribution in [0.15, 0.2) is 0 Å². The number of carboxylic acids is 1. The van der Waals surface area contributed by atoms with Crippen molar-refractivity contribution in [3.05, 3.63) is 0 Å². The fraction of sp³-hybridized carbons (Fsp3) is 0.750. The molecule has 3 saturated heterocycles. The summed E-state index contributed by atoms with van der Waals surface area (Å²) in [5.41, 5.74) is 0. The molecule has 0 unspecified atom stereocenters. The lowest BCUT2D eigenvalue weighted by Gasteiger charge is -2.16. The van der Waals surface area contributed by atoms with Gasteiger partial charge in [-0.2, -0.15) is 0 Å². The number of amides is 2. The highest BCUT2D eigenvalue weighted by Gasteiger charge is 2.62. The van der Waals surface area contributed by atoms with Gasteiger partial charge in [0.1, 0.15) is 0 Å². The molecule has 2 amide bonds. The fourth-order valence-corrected chi connectivity index (χ4v) is 3.38. The summed E-state index contributed by atoms with van der Waals surface area (Å²) in [7, 11) is 0. The van der Waals surface area contributed by atoms with Crippen molar-refractivity contribution in [2.24, 2.45) is 11.8 Å². The summed E-state index contributed by atoms with van der Waals surface area (Å²) in [5, 5.41) is 8.57. The summed E-state index contributed by atoms with van der Waals surface area (Å²) < 4.78 is 5.61. The minimum Gasteiger partial charge on any atom is -0.481 e. The number of likely N-dealkylation sites (tertiary alicyclic amines) is 1. The highest BCUT2D eigenvalue weighted by molar-refractivity contribution is 6.06. The van der Waals surface area contributed by atoms with Crippen LogP contribution in [0.1, 0.15) is 25.7 Å². The molecule has 3 fully saturated rings. The van der Waals surface area contributed by atoms with Gasteiger partial charge in [-0.15, -0.1) is 0 Å². The molecule has 18 heavy (non-hydrogen) atoms. The third-order valence-corrected chi connectivity index (χ3v) is 4.15. The van der Waals surface area contributed by atoms with E-state index in [1.54, 1.807) is 0 Å². The molecular weight excluding hydrogens is 238 g/mol. The second kappa shape index (κ2) is 4.05. The number of fused-ring (bicyclic) bond motifs is 5. The van der Waals surface area contributed by atoms with Crippen molar-refractivity contribution in [3.63, 3.8) is 0 Å². The molecule has 4 atom stereocenters. The first kappa shape index (κ1) is 11.6. The summed E-state index contributed by atoms with van der Waals surface area (Å²) in [6.45, 7) is 0.219. The molecule has 0 aromatic heterocycles. The first-order valence-corrected chi connectivity index (χ1v) is 6.32. The molecule has 0 radical (unpaired) electrons. The van der Waals surface area contributed by atoms with Gasteiger partial charge in [-0.3, -0.25) is 19.3 Å². The highest BCUT2D eigenvalue weighted by Crippen LogP contribution is 2.48. The standard InChI is InChI=1S/C12H15NO5/c14-8(15)2-1-5-13-11(16)9-6-3-4-7(18-6)10(9)12(13)17/h6-7,9-10H,1-5H2,(H,14,15)/t6-,7+,9-,10-/m1/s1. The Hall–Kier alpha value is -1.43. The maximum Gasteiger partial charge on any atom is 0.303 e. The van der Waals surface area contributed by atoms with Crippen molar-refractivity contribution in [2.75, 3.05) is 6.54 Å². The number of carbonyl (C=O) groups excluding carboxylic acids is 2. The quantitative estimate of drug-likeness (QED) is 0.714. The molecule has 3 aliphatic heterocycles. The third-order valence-electron chi connectivity index (χ3n) is 4.15. The SMILES string of the molecule is O=C(O)CCCN1C(=O)[C@H]2[C@H](C1=O)[C@H]1CC[C@@H]2O1. The number of nitrogens with zero attached hydrogens (tertiary/aromatic N) is 1. The number of hydrogen-bond donors (Lipinski definition) is 1. The smallest absolute Gasteiger partial charge is 0.303 e. The molecular formula is C12H15NO5. The molecule has 6 heteroatoms. The second-order valence-corrected chi connectivity index (χ2v) is 5.17. The molecule has 0 aromatic carbocycles. The maximum atomic E-state index is 12.1. The van der Waals surface area contributed by atoms with Crippen LogP contribution in [-0.2, 0) is 19.1 Å². The van der Waals surface area contributed by atoms with E-state index in [0.717, 1.165) is 12.8 Å². The molecule has 6 nitrogen and oxygen atoms in total. The van der Waals surface area contributed by atoms with Crippen molar-refractivity contribution < 1.29 is 24.2 Å². The van der Waals surface area contributed by atoms with Crippen LogP contribution >= 0.6 is 0 Å². The summed E-state index contributed by atoms with van der Waals surface area (Å²) in [6, 6.07) is 0. The Morgan fingerprint density at radius 3 is 2.28 bits per heavy atom. The van der Waals surface area contributed by atoms with Crippen LogP contribution in [0.4, 0.5) is 0 Å². The highest BCUT2D eigenvalue weighted by atomic mass is 16.5. The third kappa shape index (κ3) is 1.55. The summed E-state index contributed by atoms with van der Waals surface area (Å²) >= 11 is 0. The van der Waals surface area contributed by atoms with E-state index in [2.05, 4.69) is 0 Å². The fourth-order valence-electron chi connectivity index (χ4n) is 3.38. The van der Waals surface area contributed by atoms with E-state index in [1.165, 1.54) is 4.90 Å². The van der Waals surface area contributed by atoms with Crippen molar-refractivity contribution >= 4 is 17.8 Å². The lowest BCUT2D eigenvalue weighted by molar-refractivity contribution is -0.144. The van der Waals surface area contributed by atoms with Gasteiger partial charge in [0.2, 0.25) is 11.8 Å². The van der Waals surface area contributed by atoms with Gasteiger partial charge in [-0.1, -0.05) is 0 Å². The molecule has 3 rings (SSSR count). The number of rotatable bonds is 4. The van der Waals surface area contributed by atoms with Crippen molar-refractivity contribution in [1.29, 1.82) is 0 Å². The first-order chi connectivity index (χ1) is 8.59. The predicted octanol–water partition coefficient (Wildman–Crippen LogP) is 0.0136. The Kier molecular flexibility index (Phi) is 2.62. The van der Waals surface area contributed by atoms with Gasteiger partial charge in [0.15, 0.2) is 0 Å². The lowest BCUT2D eigenvalue weighted by Crippen LogP contribution is -2.35. The van der Waals surface area contributed by atoms with Crippen molar-refractivity contribution in [1.82, 2.24) is 4.90 Å². The van der Waals surface area contributed by atoms with E-state index in [-0.39, 0.29) is 48.8 Å². The van der Waals surface area contributed by atoms with Crippen LogP contribution in [0.2, 0.25) is 0 Å². The molecule has 3 heterocycles. The summed E-state index contributed by atoms with van der Waals surface area (Å²) in [5.74, 6) is -1.84. The Balaban J connectivity index is 1.69. The summed E-state index contributed by atoms with van der Waals surface area (Å²) in [6.07, 6.45) is 1.82. The van der Waals surface area contributed by atoms with Gasteiger partial charge in [0, 0.05) is 13.0 Å². The number of imide groups is 1. The van der Waals surface area contributed by atoms with E-state index in [4.69, 9.17) is 9.84 Å². The van der Waals surface area contributed by atoms with E-state index < -0.39 is 5.97 Å². The predicted molar refractivity (Wildman–Crippen MR) is 58.5 cm³/mol. The molecule has 0 aliphatic carbocycles. The molecule has 1 N–H and O–H groups in total. The van der Waals surface area contributed by atoms with Crippen molar-refractivity contribution in [2.45, 2.75) is 37.9 Å². The Morgan fingerprint density at radius 2 is 1.78 bits per heavy atom. The van der Waals surface area contributed by atoms with Crippen molar-refractivity contribution in [3.8, 4) is 0 Å². The number of carbonyl (C=O) groups is 3. The van der Waals surface area contributed by atoms with Gasteiger partial charge >= 0.3 is 5.97 Å². The number of ether oxygens (including phenoxy) is 1. The van der Waals surface area contributed by atoms with Crippen LogP contribution in [0.25, 0.3) is 0 Å². The number of carboxylic acid groups (broad SMARTS) is 1. The van der Waals surface area contributed by atoms with Gasteiger partial charge in [0.05, 0.1) is 24.0 Å². The molecule has 98 valence electrons. The van der Waals surface area contributed by atoms with Crippen LogP contribution < -0.4 is 0 Å². The average molecular weight is 253 g/mol. The van der Waals surface area contributed by atoms with Gasteiger partial charge < -0.3 is 9.84 Å². The first-order valence-electron chi connectivity index (χ1n) is 6.32. The van der Waals surface area contributed by atoms with Gasteiger partial charge in [-0.05, 0) is 19.3 Å². The Labute approximate surface area is 104 Å². The van der Waals surface area contributed by atoms with Crippen LogP contribution in [0, 0.1) is 11.8 Å². The zero-order valence-electron chi connectivity index (χ0n) is 9.87. The van der Waals surface area contributed by atoms with E-state index in [1.807, 2.05) is 0 Å². The Morgan fingerprint density at radius 1 is 1.22 bits per heavy atom. The van der Waals surface area contributed by atoms with Crippen LogP contribution in [0.5, 0.6) is 0 Å². The van der Waals surface area contributed by atoms with E-state index >= 15 is 0 Å². The van der Waals surface area contributed by atoms with Crippen LogP contribution in [-0.4, -0.2) is 46.5 Å². The van der Waals surface area contributed by atoms with E-state index in [9.17, 15) is 14.4 Å². The topological polar surface area (TPSA) is 83.9 Å². The average Bonchev–Trinajstić information content (AvgIpc) is 2.97. The number of aliphatic carboxylic acids is 1. The van der Waals surface area contributed by atoms with Crippen LogP contribution in [0.3, 0.4) is 0 Å². The molecule has 3 aliphatic rings. The zero-order chi connectivity index (χ0) is 12.9. The number of hydrogen-bond acceptors (Lipinski definition) is 4. The largest absolute Gasteiger partial charge is 0.481 e. The molecule has 0 spiro atoms. The monoisotopic (exact) mass is 253 g/mol. The minimum atomic E-state index is -0.905.